The molecule has 0 aliphatic heterocycles. The fourth-order valence-corrected chi connectivity index (χ4v) is 2.29. The van der Waals surface area contributed by atoms with Gasteiger partial charge in [0.1, 0.15) is 5.69 Å². The van der Waals surface area contributed by atoms with Crippen LogP contribution in [0, 0.1) is 0 Å². The van der Waals surface area contributed by atoms with Crippen LogP contribution >= 0.6 is 0 Å². The van der Waals surface area contributed by atoms with Crippen LogP contribution in [0.3, 0.4) is 0 Å². The minimum atomic E-state index is -4.71. The van der Waals surface area contributed by atoms with Gasteiger partial charge in [-0.25, -0.2) is 0 Å². The number of nitrogens with zero attached hydrogens (tertiary/aromatic N) is 3. The fourth-order valence-electron chi connectivity index (χ4n) is 2.29. The number of aromatic nitrogens is 3. The molecule has 0 atom stereocenters. The SMILES string of the molecule is COC1(Cc2cc(-c3noc(C(F)(F)F)n3)cnc2C=O)CC1. The highest BCUT2D eigenvalue weighted by Gasteiger charge is 2.43. The molecule has 2 heterocycles. The molecular formula is C14H12F3N3O3. The van der Waals surface area contributed by atoms with Crippen molar-refractivity contribution in [3.63, 3.8) is 0 Å². The van der Waals surface area contributed by atoms with Gasteiger partial charge in [0.25, 0.3) is 0 Å². The van der Waals surface area contributed by atoms with E-state index in [1.54, 1.807) is 13.2 Å². The van der Waals surface area contributed by atoms with Gasteiger partial charge in [0.15, 0.2) is 6.29 Å². The molecule has 0 aromatic carbocycles. The molecule has 0 saturated heterocycles. The normalized spacial score (nSPS) is 16.3. The minimum absolute atomic E-state index is 0.219. The van der Waals surface area contributed by atoms with Gasteiger partial charge < -0.3 is 9.26 Å². The smallest absolute Gasteiger partial charge is 0.378 e. The van der Waals surface area contributed by atoms with Crippen molar-refractivity contribution >= 4 is 6.29 Å². The summed E-state index contributed by atoms with van der Waals surface area (Å²) in [7, 11) is 1.58. The average molecular weight is 327 g/mol. The molecule has 122 valence electrons. The van der Waals surface area contributed by atoms with Gasteiger partial charge in [-0.05, 0) is 24.5 Å². The number of methoxy groups -OCH3 is 1. The summed E-state index contributed by atoms with van der Waals surface area (Å²) in [6, 6.07) is 1.54. The van der Waals surface area contributed by atoms with E-state index in [2.05, 4.69) is 19.6 Å². The van der Waals surface area contributed by atoms with E-state index in [0.29, 0.717) is 18.3 Å². The topological polar surface area (TPSA) is 78.1 Å². The van der Waals surface area contributed by atoms with Crippen LogP contribution in [0.5, 0.6) is 0 Å². The zero-order chi connectivity index (χ0) is 16.7. The number of pyridine rings is 1. The molecule has 0 spiro atoms. The lowest BCUT2D eigenvalue weighted by atomic mass is 10.0. The number of rotatable bonds is 5. The fraction of sp³-hybridized carbons (Fsp3) is 0.429. The zero-order valence-corrected chi connectivity index (χ0v) is 12.1. The number of halogens is 3. The number of carbonyl (C=O) groups excluding carboxylic acids is 1. The van der Waals surface area contributed by atoms with Crippen molar-refractivity contribution in [3.8, 4) is 11.4 Å². The molecule has 2 aromatic rings. The van der Waals surface area contributed by atoms with Crippen molar-refractivity contribution in [1.82, 2.24) is 15.1 Å². The number of aldehydes is 1. The first-order valence-electron chi connectivity index (χ1n) is 6.77. The molecule has 1 saturated carbocycles. The lowest BCUT2D eigenvalue weighted by molar-refractivity contribution is -0.159. The Morgan fingerprint density at radius 2 is 2.17 bits per heavy atom. The van der Waals surface area contributed by atoms with Crippen LogP contribution < -0.4 is 0 Å². The standard InChI is InChI=1S/C14H12F3N3O3/c1-22-13(2-3-13)5-8-4-9(6-18-10(8)7-21)11-19-12(23-20-11)14(15,16)17/h4,6-7H,2-3,5H2,1H3. The first-order valence-corrected chi connectivity index (χ1v) is 6.77. The number of hydrogen-bond acceptors (Lipinski definition) is 6. The number of hydrogen-bond donors (Lipinski definition) is 0. The summed E-state index contributed by atoms with van der Waals surface area (Å²) in [6.45, 7) is 0. The van der Waals surface area contributed by atoms with Gasteiger partial charge in [0, 0.05) is 25.3 Å². The Labute approximate surface area is 128 Å². The third-order valence-corrected chi connectivity index (χ3v) is 3.79. The molecule has 0 unspecified atom stereocenters. The molecule has 3 rings (SSSR count). The lowest BCUT2D eigenvalue weighted by Gasteiger charge is -2.14. The van der Waals surface area contributed by atoms with Crippen LogP contribution in [0.4, 0.5) is 13.2 Å². The molecule has 0 N–H and O–H groups in total. The third kappa shape index (κ3) is 3.09. The Morgan fingerprint density at radius 1 is 1.43 bits per heavy atom. The monoisotopic (exact) mass is 327 g/mol. The summed E-state index contributed by atoms with van der Waals surface area (Å²) in [4.78, 5) is 18.4. The number of alkyl halides is 3. The quantitative estimate of drug-likeness (QED) is 0.786. The van der Waals surface area contributed by atoms with E-state index in [-0.39, 0.29) is 22.7 Å². The van der Waals surface area contributed by atoms with Crippen molar-refractivity contribution < 1.29 is 27.2 Å². The van der Waals surface area contributed by atoms with E-state index >= 15 is 0 Å². The Hall–Kier alpha value is -2.29. The molecule has 0 radical (unpaired) electrons. The van der Waals surface area contributed by atoms with Crippen molar-refractivity contribution in [2.75, 3.05) is 7.11 Å². The molecule has 1 fully saturated rings. The van der Waals surface area contributed by atoms with Gasteiger partial charge in [-0.3, -0.25) is 9.78 Å². The van der Waals surface area contributed by atoms with Crippen LogP contribution in [0.1, 0.15) is 34.8 Å². The molecular weight excluding hydrogens is 315 g/mol. The summed E-state index contributed by atoms with van der Waals surface area (Å²) < 4.78 is 47.2. The molecule has 23 heavy (non-hydrogen) atoms. The second kappa shape index (κ2) is 5.41. The van der Waals surface area contributed by atoms with Gasteiger partial charge in [-0.2, -0.15) is 18.2 Å². The maximum absolute atomic E-state index is 12.5. The van der Waals surface area contributed by atoms with Crippen molar-refractivity contribution in [2.45, 2.75) is 31.0 Å². The summed E-state index contributed by atoms with van der Waals surface area (Å²) >= 11 is 0. The highest BCUT2D eigenvalue weighted by molar-refractivity contribution is 5.75. The Kier molecular flexibility index (Phi) is 3.67. The lowest BCUT2D eigenvalue weighted by Crippen LogP contribution is -2.16. The largest absolute Gasteiger partial charge is 0.471 e. The number of carbonyl (C=O) groups is 1. The van der Waals surface area contributed by atoms with Crippen molar-refractivity contribution in [2.24, 2.45) is 0 Å². The van der Waals surface area contributed by atoms with Gasteiger partial charge in [-0.15, -0.1) is 0 Å². The van der Waals surface area contributed by atoms with Gasteiger partial charge in [0.2, 0.25) is 5.82 Å². The van der Waals surface area contributed by atoms with Crippen LogP contribution in [0.15, 0.2) is 16.8 Å². The first-order chi connectivity index (χ1) is 10.9. The second-order valence-corrected chi connectivity index (χ2v) is 5.37. The Balaban J connectivity index is 1.94. The maximum Gasteiger partial charge on any atom is 0.471 e. The third-order valence-electron chi connectivity index (χ3n) is 3.79. The van der Waals surface area contributed by atoms with E-state index in [1.807, 2.05) is 0 Å². The van der Waals surface area contributed by atoms with E-state index in [0.717, 1.165) is 12.8 Å². The molecule has 2 aromatic heterocycles. The summed E-state index contributed by atoms with van der Waals surface area (Å²) in [5, 5.41) is 3.32. The van der Waals surface area contributed by atoms with Gasteiger partial charge in [0.05, 0.1) is 5.60 Å². The average Bonchev–Trinajstić information content (AvgIpc) is 3.10. The maximum atomic E-state index is 12.5. The van der Waals surface area contributed by atoms with Gasteiger partial charge >= 0.3 is 12.1 Å². The second-order valence-electron chi connectivity index (χ2n) is 5.37. The molecule has 1 aliphatic rings. The predicted molar refractivity (Wildman–Crippen MR) is 70.6 cm³/mol. The highest BCUT2D eigenvalue weighted by atomic mass is 19.4. The van der Waals surface area contributed by atoms with E-state index in [1.165, 1.54) is 6.20 Å². The highest BCUT2D eigenvalue weighted by Crippen LogP contribution is 2.42. The number of ether oxygens (including phenoxy) is 1. The van der Waals surface area contributed by atoms with Crippen molar-refractivity contribution in [1.29, 1.82) is 0 Å². The van der Waals surface area contributed by atoms with Crippen LogP contribution in [-0.4, -0.2) is 34.1 Å². The summed E-state index contributed by atoms with van der Waals surface area (Å²) in [6.07, 6.45) is -0.716. The summed E-state index contributed by atoms with van der Waals surface area (Å²) in [5.41, 5.74) is 0.718. The van der Waals surface area contributed by atoms with E-state index in [9.17, 15) is 18.0 Å². The predicted octanol–water partition coefficient (Wildman–Crippen LogP) is 2.68. The molecule has 0 amide bonds. The molecule has 6 nitrogen and oxygen atoms in total. The van der Waals surface area contributed by atoms with Crippen LogP contribution in [0.2, 0.25) is 0 Å². The van der Waals surface area contributed by atoms with Crippen LogP contribution in [-0.2, 0) is 17.3 Å². The van der Waals surface area contributed by atoms with Crippen LogP contribution in [0.25, 0.3) is 11.4 Å². The minimum Gasteiger partial charge on any atom is -0.378 e. The zero-order valence-electron chi connectivity index (χ0n) is 12.1. The molecule has 9 heteroatoms. The summed E-state index contributed by atoms with van der Waals surface area (Å²) in [5.74, 6) is -1.66. The van der Waals surface area contributed by atoms with Gasteiger partial charge in [-0.1, -0.05) is 5.16 Å². The Morgan fingerprint density at radius 3 is 2.70 bits per heavy atom. The first kappa shape index (κ1) is 15.6. The molecule has 1 aliphatic carbocycles. The molecule has 0 bridgehead atoms. The van der Waals surface area contributed by atoms with Crippen molar-refractivity contribution in [3.05, 3.63) is 29.4 Å². The van der Waals surface area contributed by atoms with E-state index in [4.69, 9.17) is 4.74 Å². The van der Waals surface area contributed by atoms with E-state index < -0.39 is 12.1 Å². The Bertz CT molecular complexity index is 738.